The van der Waals surface area contributed by atoms with Crippen LogP contribution in [0, 0.1) is 0 Å². The van der Waals surface area contributed by atoms with Gasteiger partial charge in [-0.2, -0.15) is 0 Å². The molecule has 1 N–H and O–H groups in total. The van der Waals surface area contributed by atoms with Crippen LogP contribution < -0.4 is 5.32 Å². The van der Waals surface area contributed by atoms with Gasteiger partial charge in [0.05, 0.1) is 18.6 Å². The van der Waals surface area contributed by atoms with Crippen LogP contribution in [0.1, 0.15) is 30.4 Å². The van der Waals surface area contributed by atoms with Gasteiger partial charge in [0.2, 0.25) is 5.91 Å². The molecule has 0 radical (unpaired) electrons. The number of morpholine rings is 1. The zero-order chi connectivity index (χ0) is 18.2. The molecule has 0 bridgehead atoms. The van der Waals surface area contributed by atoms with Gasteiger partial charge in [-0.1, -0.05) is 67.6 Å². The lowest BCUT2D eigenvalue weighted by molar-refractivity contribution is -0.123. The highest BCUT2D eigenvalue weighted by Crippen LogP contribution is 2.19. The number of hydrogen-bond donors (Lipinski definition) is 1. The predicted octanol–water partition coefficient (Wildman–Crippen LogP) is 3.20. The molecule has 1 aliphatic rings. The van der Waals surface area contributed by atoms with E-state index in [0.29, 0.717) is 13.2 Å². The summed E-state index contributed by atoms with van der Waals surface area (Å²) in [7, 11) is 0. The summed E-state index contributed by atoms with van der Waals surface area (Å²) in [5.41, 5.74) is 2.38. The number of hydrogen-bond acceptors (Lipinski definition) is 3. The molecule has 2 aromatic rings. The molecule has 0 saturated carbocycles. The fraction of sp³-hybridized carbons (Fsp3) is 0.409. The summed E-state index contributed by atoms with van der Waals surface area (Å²) in [5.74, 6) is -0.0114. The lowest BCUT2D eigenvalue weighted by Crippen LogP contribution is -2.47. The molecule has 0 spiro atoms. The Morgan fingerprint density at radius 3 is 2.54 bits per heavy atom. The first-order valence-electron chi connectivity index (χ1n) is 9.46. The maximum atomic E-state index is 12.6. The third kappa shape index (κ3) is 5.16. The van der Waals surface area contributed by atoms with E-state index >= 15 is 0 Å². The van der Waals surface area contributed by atoms with Crippen LogP contribution in [-0.2, 0) is 16.1 Å². The van der Waals surface area contributed by atoms with E-state index in [4.69, 9.17) is 4.74 Å². The highest BCUT2D eigenvalue weighted by Gasteiger charge is 2.23. The third-order valence-electron chi connectivity index (χ3n) is 4.90. The summed E-state index contributed by atoms with van der Waals surface area (Å²) in [4.78, 5) is 15.0. The first kappa shape index (κ1) is 18.6. The van der Waals surface area contributed by atoms with Crippen molar-refractivity contribution in [2.45, 2.75) is 31.9 Å². The predicted molar refractivity (Wildman–Crippen MR) is 104 cm³/mol. The van der Waals surface area contributed by atoms with Gasteiger partial charge in [0.15, 0.2) is 0 Å². The second-order valence-corrected chi connectivity index (χ2v) is 6.83. The fourth-order valence-corrected chi connectivity index (χ4v) is 3.48. The van der Waals surface area contributed by atoms with Crippen LogP contribution in [-0.4, -0.2) is 43.2 Å². The smallest absolute Gasteiger partial charge is 0.227 e. The monoisotopic (exact) mass is 352 g/mol. The van der Waals surface area contributed by atoms with E-state index in [9.17, 15) is 4.79 Å². The second kappa shape index (κ2) is 9.51. The maximum absolute atomic E-state index is 12.6. The van der Waals surface area contributed by atoms with Crippen molar-refractivity contribution in [3.63, 3.8) is 0 Å². The van der Waals surface area contributed by atoms with E-state index in [1.807, 2.05) is 36.4 Å². The van der Waals surface area contributed by atoms with E-state index in [1.54, 1.807) is 0 Å². The maximum Gasteiger partial charge on any atom is 0.227 e. The number of carbonyl (C=O) groups is 1. The molecule has 4 heteroatoms. The van der Waals surface area contributed by atoms with Crippen LogP contribution in [0.25, 0.3) is 0 Å². The molecule has 3 rings (SSSR count). The topological polar surface area (TPSA) is 41.6 Å². The van der Waals surface area contributed by atoms with Crippen LogP contribution in [0.3, 0.4) is 0 Å². The Labute approximate surface area is 156 Å². The molecule has 2 atom stereocenters. The van der Waals surface area contributed by atoms with E-state index in [0.717, 1.165) is 31.6 Å². The summed E-state index contributed by atoms with van der Waals surface area (Å²) < 4.78 is 5.86. The first-order valence-corrected chi connectivity index (χ1v) is 9.46. The quantitative estimate of drug-likeness (QED) is 0.832. The van der Waals surface area contributed by atoms with E-state index in [2.05, 4.69) is 41.4 Å². The number of ether oxygens (including phenoxy) is 1. The first-order chi connectivity index (χ1) is 12.8. The van der Waals surface area contributed by atoms with Gasteiger partial charge in [-0.25, -0.2) is 0 Å². The molecule has 0 unspecified atom stereocenters. The number of amides is 1. The molecule has 0 aliphatic carbocycles. The summed E-state index contributed by atoms with van der Waals surface area (Å²) in [6.45, 7) is 6.03. The molecule has 26 heavy (non-hydrogen) atoms. The molecular formula is C22H28N2O2. The standard InChI is InChI=1S/C22H28N2O2/c1-2-21(19-11-7-4-8-12-19)22(25)23-15-20-17-24(13-14-26-20)16-18-9-5-3-6-10-18/h3-12,20-21H,2,13-17H2,1H3,(H,23,25)/t20-,21+/m1/s1. The van der Waals surface area contributed by atoms with Crippen molar-refractivity contribution < 1.29 is 9.53 Å². The zero-order valence-corrected chi connectivity index (χ0v) is 15.4. The van der Waals surface area contributed by atoms with E-state index in [-0.39, 0.29) is 17.9 Å². The average Bonchev–Trinajstić information content (AvgIpc) is 2.69. The van der Waals surface area contributed by atoms with Crippen molar-refractivity contribution in [3.8, 4) is 0 Å². The Morgan fingerprint density at radius 1 is 1.15 bits per heavy atom. The molecule has 1 amide bonds. The van der Waals surface area contributed by atoms with E-state index < -0.39 is 0 Å². The molecule has 0 aromatic heterocycles. The Morgan fingerprint density at radius 2 is 1.85 bits per heavy atom. The molecular weight excluding hydrogens is 324 g/mol. The summed E-state index contributed by atoms with van der Waals surface area (Å²) >= 11 is 0. The SMILES string of the molecule is CC[C@H](C(=O)NC[C@@H]1CN(Cc2ccccc2)CCO1)c1ccccc1. The third-order valence-corrected chi connectivity index (χ3v) is 4.90. The molecule has 1 aliphatic heterocycles. The lowest BCUT2D eigenvalue weighted by atomic mass is 9.95. The molecule has 2 aromatic carbocycles. The summed E-state index contributed by atoms with van der Waals surface area (Å²) in [5, 5.41) is 3.10. The number of nitrogens with zero attached hydrogens (tertiary/aromatic N) is 1. The van der Waals surface area contributed by atoms with Gasteiger partial charge < -0.3 is 10.1 Å². The Kier molecular flexibility index (Phi) is 6.81. The van der Waals surface area contributed by atoms with Crippen molar-refractivity contribution in [3.05, 3.63) is 71.8 Å². The largest absolute Gasteiger partial charge is 0.374 e. The molecule has 1 heterocycles. The highest BCUT2D eigenvalue weighted by molar-refractivity contribution is 5.83. The molecule has 4 nitrogen and oxygen atoms in total. The number of benzene rings is 2. The second-order valence-electron chi connectivity index (χ2n) is 6.83. The van der Waals surface area contributed by atoms with Gasteiger partial charge in [-0.3, -0.25) is 9.69 Å². The molecule has 1 fully saturated rings. The van der Waals surface area contributed by atoms with Crippen molar-refractivity contribution in [1.29, 1.82) is 0 Å². The van der Waals surface area contributed by atoms with Gasteiger partial charge in [0, 0.05) is 26.2 Å². The zero-order valence-electron chi connectivity index (χ0n) is 15.4. The Hall–Kier alpha value is -2.17. The van der Waals surface area contributed by atoms with Crippen molar-refractivity contribution in [2.24, 2.45) is 0 Å². The summed E-state index contributed by atoms with van der Waals surface area (Å²) in [6, 6.07) is 20.5. The van der Waals surface area contributed by atoms with Gasteiger partial charge in [0.1, 0.15) is 0 Å². The fourth-order valence-electron chi connectivity index (χ4n) is 3.48. The van der Waals surface area contributed by atoms with Crippen LogP contribution >= 0.6 is 0 Å². The Bertz CT molecular complexity index is 675. The van der Waals surface area contributed by atoms with E-state index in [1.165, 1.54) is 5.56 Å². The van der Waals surface area contributed by atoms with Crippen molar-refractivity contribution >= 4 is 5.91 Å². The molecule has 138 valence electrons. The Balaban J connectivity index is 1.50. The van der Waals surface area contributed by atoms with Crippen LogP contribution in [0.5, 0.6) is 0 Å². The number of rotatable bonds is 7. The minimum atomic E-state index is -0.0970. The minimum Gasteiger partial charge on any atom is -0.374 e. The minimum absolute atomic E-state index is 0.0460. The van der Waals surface area contributed by atoms with Gasteiger partial charge in [0.25, 0.3) is 0 Å². The summed E-state index contributed by atoms with van der Waals surface area (Å²) in [6.07, 6.45) is 0.839. The van der Waals surface area contributed by atoms with Crippen LogP contribution in [0.4, 0.5) is 0 Å². The average molecular weight is 352 g/mol. The lowest BCUT2D eigenvalue weighted by Gasteiger charge is -2.33. The van der Waals surface area contributed by atoms with Crippen molar-refractivity contribution in [2.75, 3.05) is 26.2 Å². The molecule has 1 saturated heterocycles. The van der Waals surface area contributed by atoms with Gasteiger partial charge in [-0.05, 0) is 17.5 Å². The highest BCUT2D eigenvalue weighted by atomic mass is 16.5. The van der Waals surface area contributed by atoms with Crippen LogP contribution in [0.15, 0.2) is 60.7 Å². The number of carbonyl (C=O) groups excluding carboxylic acids is 1. The van der Waals surface area contributed by atoms with Gasteiger partial charge >= 0.3 is 0 Å². The van der Waals surface area contributed by atoms with Crippen molar-refractivity contribution in [1.82, 2.24) is 10.2 Å². The number of nitrogens with one attached hydrogen (secondary N) is 1. The van der Waals surface area contributed by atoms with Crippen LogP contribution in [0.2, 0.25) is 0 Å². The normalized spacial score (nSPS) is 19.0. The van der Waals surface area contributed by atoms with Gasteiger partial charge in [-0.15, -0.1) is 0 Å².